The molecule has 21 heavy (non-hydrogen) atoms. The molecule has 5 rings (SSSR count). The van der Waals surface area contributed by atoms with Gasteiger partial charge in [0.15, 0.2) is 11.5 Å². The second-order valence-electron chi connectivity index (χ2n) is 7.77. The fourth-order valence-electron chi connectivity index (χ4n) is 5.53. The highest BCUT2D eigenvalue weighted by molar-refractivity contribution is 5.48. The van der Waals surface area contributed by atoms with Crippen LogP contribution < -0.4 is 5.32 Å². The molecule has 0 amide bonds. The average molecular weight is 287 g/mol. The first-order valence-corrected chi connectivity index (χ1v) is 8.30. The van der Waals surface area contributed by atoms with E-state index in [2.05, 4.69) is 5.32 Å². The van der Waals surface area contributed by atoms with Crippen molar-refractivity contribution in [1.29, 1.82) is 0 Å². The average Bonchev–Trinajstić information content (AvgIpc) is 2.42. The molecule has 1 aromatic rings. The van der Waals surface area contributed by atoms with E-state index in [1.165, 1.54) is 38.5 Å². The van der Waals surface area contributed by atoms with Crippen LogP contribution in [0.2, 0.25) is 0 Å². The van der Waals surface area contributed by atoms with Crippen molar-refractivity contribution in [3.05, 3.63) is 23.3 Å². The van der Waals surface area contributed by atoms with Crippen LogP contribution in [-0.4, -0.2) is 15.8 Å². The van der Waals surface area contributed by atoms with E-state index in [1.807, 2.05) is 13.0 Å². The summed E-state index contributed by atoms with van der Waals surface area (Å²) in [6, 6.07) is 3.52. The highest BCUT2D eigenvalue weighted by atomic mass is 16.3. The van der Waals surface area contributed by atoms with Gasteiger partial charge in [-0.15, -0.1) is 0 Å². The summed E-state index contributed by atoms with van der Waals surface area (Å²) in [6.45, 7) is 2.68. The maximum absolute atomic E-state index is 9.87. The lowest BCUT2D eigenvalue weighted by atomic mass is 9.53. The molecule has 4 fully saturated rings. The maximum atomic E-state index is 9.87. The van der Waals surface area contributed by atoms with E-state index in [4.69, 9.17) is 0 Å². The number of rotatable bonds is 3. The van der Waals surface area contributed by atoms with Crippen molar-refractivity contribution in [1.82, 2.24) is 5.32 Å². The van der Waals surface area contributed by atoms with Crippen molar-refractivity contribution in [2.24, 2.45) is 17.8 Å². The van der Waals surface area contributed by atoms with Gasteiger partial charge in [0.25, 0.3) is 0 Å². The molecule has 0 saturated heterocycles. The molecule has 0 heterocycles. The standard InChI is InChI=1S/C18H25NO2/c1-11-15(2-3-16(20)17(11)21)10-19-18-7-12-4-13(8-18)6-14(5-12)9-18/h2-3,12-14,19-21H,4-10H2,1H3. The Morgan fingerprint density at radius 1 is 1.05 bits per heavy atom. The lowest BCUT2D eigenvalue weighted by Crippen LogP contribution is -2.58. The second-order valence-corrected chi connectivity index (χ2v) is 7.77. The third kappa shape index (κ3) is 2.22. The number of hydrogen-bond donors (Lipinski definition) is 3. The van der Waals surface area contributed by atoms with Crippen LogP contribution in [0, 0.1) is 24.7 Å². The first-order chi connectivity index (χ1) is 10.0. The van der Waals surface area contributed by atoms with Gasteiger partial charge < -0.3 is 15.5 Å². The van der Waals surface area contributed by atoms with E-state index in [1.54, 1.807) is 6.07 Å². The minimum atomic E-state index is -0.0222. The van der Waals surface area contributed by atoms with E-state index >= 15 is 0 Å². The molecule has 1 aromatic carbocycles. The number of hydrogen-bond acceptors (Lipinski definition) is 3. The monoisotopic (exact) mass is 287 g/mol. The third-order valence-electron chi connectivity index (χ3n) is 6.21. The summed E-state index contributed by atoms with van der Waals surface area (Å²) in [6.07, 6.45) is 8.38. The fourth-order valence-corrected chi connectivity index (χ4v) is 5.53. The van der Waals surface area contributed by atoms with Gasteiger partial charge in [0.2, 0.25) is 0 Å². The van der Waals surface area contributed by atoms with Crippen molar-refractivity contribution < 1.29 is 10.2 Å². The molecule has 3 heteroatoms. The smallest absolute Gasteiger partial charge is 0.160 e. The molecule has 0 aromatic heterocycles. The van der Waals surface area contributed by atoms with Crippen LogP contribution in [0.3, 0.4) is 0 Å². The predicted octanol–water partition coefficient (Wildman–Crippen LogP) is 3.46. The zero-order chi connectivity index (χ0) is 14.6. The van der Waals surface area contributed by atoms with Gasteiger partial charge in [-0.25, -0.2) is 0 Å². The van der Waals surface area contributed by atoms with Gasteiger partial charge in [-0.3, -0.25) is 0 Å². The highest BCUT2D eigenvalue weighted by Gasteiger charge is 2.50. The van der Waals surface area contributed by atoms with Gasteiger partial charge in [-0.05, 0) is 80.4 Å². The molecule has 3 N–H and O–H groups in total. The Morgan fingerprint density at radius 3 is 2.19 bits per heavy atom. The van der Waals surface area contributed by atoms with Crippen LogP contribution in [0.5, 0.6) is 11.5 Å². The highest BCUT2D eigenvalue weighted by Crippen LogP contribution is 2.55. The van der Waals surface area contributed by atoms with Gasteiger partial charge in [-0.2, -0.15) is 0 Å². The molecule has 0 aliphatic heterocycles. The van der Waals surface area contributed by atoms with Gasteiger partial charge in [0, 0.05) is 12.1 Å². The summed E-state index contributed by atoms with van der Waals surface area (Å²) >= 11 is 0. The number of nitrogens with one attached hydrogen (secondary N) is 1. The van der Waals surface area contributed by atoms with E-state index in [9.17, 15) is 10.2 Å². The summed E-state index contributed by atoms with van der Waals surface area (Å²) in [4.78, 5) is 0. The van der Waals surface area contributed by atoms with Gasteiger partial charge in [-0.1, -0.05) is 6.07 Å². The molecular formula is C18H25NO2. The van der Waals surface area contributed by atoms with Gasteiger partial charge >= 0.3 is 0 Å². The molecule has 0 unspecified atom stereocenters. The summed E-state index contributed by atoms with van der Waals surface area (Å²) in [5.74, 6) is 2.83. The molecule has 114 valence electrons. The molecule has 4 aliphatic rings. The molecule has 4 saturated carbocycles. The van der Waals surface area contributed by atoms with Crippen LogP contribution >= 0.6 is 0 Å². The Hall–Kier alpha value is -1.22. The van der Waals surface area contributed by atoms with Gasteiger partial charge in [0.05, 0.1) is 0 Å². The van der Waals surface area contributed by atoms with Crippen molar-refractivity contribution in [2.75, 3.05) is 0 Å². The summed E-state index contributed by atoms with van der Waals surface area (Å²) in [5, 5.41) is 23.3. The number of phenols is 2. The number of benzene rings is 1. The van der Waals surface area contributed by atoms with Crippen LogP contribution in [0.15, 0.2) is 12.1 Å². The Morgan fingerprint density at radius 2 is 1.62 bits per heavy atom. The van der Waals surface area contributed by atoms with Crippen LogP contribution in [0.4, 0.5) is 0 Å². The molecule has 4 bridgehead atoms. The minimum Gasteiger partial charge on any atom is -0.504 e. The minimum absolute atomic E-state index is 0.0222. The SMILES string of the molecule is Cc1c(CNC23CC4CC(CC(C4)C2)C3)ccc(O)c1O. The lowest BCUT2D eigenvalue weighted by molar-refractivity contribution is -0.0206. The predicted molar refractivity (Wildman–Crippen MR) is 82.3 cm³/mol. The topological polar surface area (TPSA) is 52.5 Å². The van der Waals surface area contributed by atoms with Crippen molar-refractivity contribution in [3.63, 3.8) is 0 Å². The summed E-state index contributed by atoms with van der Waals surface area (Å²) in [5.41, 5.74) is 2.24. The Bertz CT molecular complexity index is 531. The maximum Gasteiger partial charge on any atom is 0.160 e. The number of aromatic hydroxyl groups is 2. The molecule has 3 nitrogen and oxygen atoms in total. The van der Waals surface area contributed by atoms with Crippen molar-refractivity contribution in [2.45, 2.75) is 57.5 Å². The van der Waals surface area contributed by atoms with Crippen LogP contribution in [-0.2, 0) is 6.54 Å². The zero-order valence-electron chi connectivity index (χ0n) is 12.7. The molecule has 0 atom stereocenters. The fraction of sp³-hybridized carbons (Fsp3) is 0.667. The second kappa shape index (κ2) is 4.64. The summed E-state index contributed by atoms with van der Waals surface area (Å²) < 4.78 is 0. The largest absolute Gasteiger partial charge is 0.504 e. The molecule has 0 spiro atoms. The quantitative estimate of drug-likeness (QED) is 0.746. The zero-order valence-corrected chi connectivity index (χ0v) is 12.7. The first kappa shape index (κ1) is 13.4. The van der Waals surface area contributed by atoms with Gasteiger partial charge in [0.1, 0.15) is 0 Å². The van der Waals surface area contributed by atoms with E-state index in [0.29, 0.717) is 5.54 Å². The van der Waals surface area contributed by atoms with E-state index in [-0.39, 0.29) is 11.5 Å². The Balaban J connectivity index is 1.51. The van der Waals surface area contributed by atoms with E-state index < -0.39 is 0 Å². The molecule has 4 aliphatic carbocycles. The lowest BCUT2D eigenvalue weighted by Gasteiger charge is -2.57. The number of phenolic OH excluding ortho intramolecular Hbond substituents is 2. The molecule has 0 radical (unpaired) electrons. The first-order valence-electron chi connectivity index (χ1n) is 8.30. The van der Waals surface area contributed by atoms with Crippen molar-refractivity contribution >= 4 is 0 Å². The van der Waals surface area contributed by atoms with Crippen LogP contribution in [0.25, 0.3) is 0 Å². The normalized spacial score (nSPS) is 37.1. The van der Waals surface area contributed by atoms with Crippen molar-refractivity contribution in [3.8, 4) is 11.5 Å². The van der Waals surface area contributed by atoms with E-state index in [0.717, 1.165) is 35.4 Å². The molecular weight excluding hydrogens is 262 g/mol. The Labute approximate surface area is 126 Å². The Kier molecular flexibility index (Phi) is 2.97. The van der Waals surface area contributed by atoms with Crippen LogP contribution in [0.1, 0.15) is 49.7 Å². The summed E-state index contributed by atoms with van der Waals surface area (Å²) in [7, 11) is 0. The third-order valence-corrected chi connectivity index (χ3v) is 6.21.